The summed E-state index contributed by atoms with van der Waals surface area (Å²) in [7, 11) is -3.53. The highest BCUT2D eigenvalue weighted by Gasteiger charge is 2.36. The highest BCUT2D eigenvalue weighted by molar-refractivity contribution is 7.92. The second kappa shape index (κ2) is 7.64. The van der Waals surface area contributed by atoms with Gasteiger partial charge in [0.1, 0.15) is 0 Å². The van der Waals surface area contributed by atoms with E-state index in [0.717, 1.165) is 0 Å². The van der Waals surface area contributed by atoms with Crippen molar-refractivity contribution in [2.45, 2.75) is 16.6 Å². The van der Waals surface area contributed by atoms with Crippen molar-refractivity contribution in [3.8, 4) is 0 Å². The maximum Gasteiger partial charge on any atom is 0.321 e. The molecule has 1 heterocycles. The van der Waals surface area contributed by atoms with E-state index in [0.29, 0.717) is 33.7 Å². The summed E-state index contributed by atoms with van der Waals surface area (Å²) in [5.74, 6) is 0. The van der Waals surface area contributed by atoms with Gasteiger partial charge in [0, 0.05) is 23.8 Å². The number of carbonyl (C=O) groups excluding carboxylic acids is 1. The van der Waals surface area contributed by atoms with Crippen molar-refractivity contribution in [3.05, 3.63) is 57.5 Å². The van der Waals surface area contributed by atoms with Gasteiger partial charge >= 0.3 is 6.03 Å². The fraction of sp³-hybridized carbons (Fsp3) is 0.235. The van der Waals surface area contributed by atoms with Crippen LogP contribution in [-0.2, 0) is 9.84 Å². The molecule has 1 fully saturated rings. The van der Waals surface area contributed by atoms with Crippen LogP contribution in [0.15, 0.2) is 47.4 Å². The predicted octanol–water partition coefficient (Wildman–Crippen LogP) is 4.73. The lowest BCUT2D eigenvalue weighted by atomic mass is 10.3. The van der Waals surface area contributed by atoms with Crippen molar-refractivity contribution in [2.75, 3.05) is 18.4 Å². The number of nitrogens with one attached hydrogen (secondary N) is 1. The lowest BCUT2D eigenvalue weighted by Gasteiger charge is -2.18. The standard InChI is InChI=1S/C17H15Cl3N2O3S/c18-11-1-4-13(5-2-11)26(24,25)14-7-8-22(10-14)17(23)21-12-3-6-15(19)16(20)9-12/h1-6,9,14H,7-8,10H2,(H,21,23). The minimum Gasteiger partial charge on any atom is -0.323 e. The number of nitrogens with zero attached hydrogens (tertiary/aromatic N) is 1. The molecule has 9 heteroatoms. The van der Waals surface area contributed by atoms with Crippen LogP contribution >= 0.6 is 34.8 Å². The van der Waals surface area contributed by atoms with Crippen molar-refractivity contribution in [1.82, 2.24) is 4.90 Å². The van der Waals surface area contributed by atoms with E-state index in [9.17, 15) is 13.2 Å². The molecule has 1 N–H and O–H groups in total. The molecule has 2 aromatic rings. The Morgan fingerprint density at radius 1 is 1.04 bits per heavy atom. The molecule has 26 heavy (non-hydrogen) atoms. The van der Waals surface area contributed by atoms with Gasteiger partial charge in [0.15, 0.2) is 9.84 Å². The molecule has 2 aromatic carbocycles. The third kappa shape index (κ3) is 4.09. The van der Waals surface area contributed by atoms with Gasteiger partial charge in [-0.15, -0.1) is 0 Å². The SMILES string of the molecule is O=C(Nc1ccc(Cl)c(Cl)c1)N1CCC(S(=O)(=O)c2ccc(Cl)cc2)C1. The van der Waals surface area contributed by atoms with Crippen molar-refractivity contribution < 1.29 is 13.2 Å². The molecule has 1 aliphatic heterocycles. The lowest BCUT2D eigenvalue weighted by molar-refractivity contribution is 0.222. The normalized spacial score (nSPS) is 17.3. The first-order valence-corrected chi connectivity index (χ1v) is 10.5. The van der Waals surface area contributed by atoms with Gasteiger partial charge in [-0.25, -0.2) is 13.2 Å². The third-order valence-corrected chi connectivity index (χ3v) is 7.37. The summed E-state index contributed by atoms with van der Waals surface area (Å²) < 4.78 is 25.4. The number of urea groups is 1. The van der Waals surface area contributed by atoms with Crippen molar-refractivity contribution in [1.29, 1.82) is 0 Å². The van der Waals surface area contributed by atoms with Gasteiger partial charge in [0.05, 0.1) is 20.2 Å². The van der Waals surface area contributed by atoms with Gasteiger partial charge in [0.25, 0.3) is 0 Å². The number of hydrogen-bond acceptors (Lipinski definition) is 3. The predicted molar refractivity (Wildman–Crippen MR) is 104 cm³/mol. The van der Waals surface area contributed by atoms with E-state index in [2.05, 4.69) is 5.32 Å². The summed E-state index contributed by atoms with van der Waals surface area (Å²) >= 11 is 17.6. The van der Waals surface area contributed by atoms with Crippen molar-refractivity contribution >= 4 is 56.4 Å². The van der Waals surface area contributed by atoms with E-state index in [1.807, 2.05) is 0 Å². The van der Waals surface area contributed by atoms with Crippen LogP contribution in [0.3, 0.4) is 0 Å². The molecule has 0 aromatic heterocycles. The van der Waals surface area contributed by atoms with Crippen LogP contribution in [0.2, 0.25) is 15.1 Å². The number of carbonyl (C=O) groups is 1. The topological polar surface area (TPSA) is 66.5 Å². The fourth-order valence-corrected chi connectivity index (χ4v) is 4.88. The Balaban J connectivity index is 1.68. The lowest BCUT2D eigenvalue weighted by Crippen LogP contribution is -2.35. The van der Waals surface area contributed by atoms with Crippen LogP contribution in [0.1, 0.15) is 6.42 Å². The molecule has 1 atom stereocenters. The Hall–Kier alpha value is -1.47. The van der Waals surface area contributed by atoms with Gasteiger partial charge in [0.2, 0.25) is 0 Å². The first-order chi connectivity index (χ1) is 12.3. The molecular formula is C17H15Cl3N2O3S. The highest BCUT2D eigenvalue weighted by Crippen LogP contribution is 2.27. The zero-order chi connectivity index (χ0) is 18.9. The minimum atomic E-state index is -3.53. The van der Waals surface area contributed by atoms with E-state index in [4.69, 9.17) is 34.8 Å². The minimum absolute atomic E-state index is 0.123. The first-order valence-electron chi connectivity index (χ1n) is 7.78. The molecule has 0 saturated carbocycles. The molecule has 1 saturated heterocycles. The maximum atomic E-state index is 12.7. The van der Waals surface area contributed by atoms with E-state index in [1.165, 1.54) is 29.2 Å². The van der Waals surface area contributed by atoms with Crippen LogP contribution in [0.25, 0.3) is 0 Å². The Morgan fingerprint density at radius 3 is 2.38 bits per heavy atom. The Kier molecular flexibility index (Phi) is 5.67. The smallest absolute Gasteiger partial charge is 0.321 e. The molecule has 0 spiro atoms. The highest BCUT2D eigenvalue weighted by atomic mass is 35.5. The number of halogens is 3. The third-order valence-electron chi connectivity index (χ3n) is 4.18. The molecular weight excluding hydrogens is 419 g/mol. The number of benzene rings is 2. The first kappa shape index (κ1) is 19.3. The second-order valence-corrected chi connectivity index (χ2v) is 9.39. The molecule has 0 aliphatic carbocycles. The fourth-order valence-electron chi connectivity index (χ4n) is 2.76. The summed E-state index contributed by atoms with van der Waals surface area (Å²) in [4.78, 5) is 14.1. The van der Waals surface area contributed by atoms with Crippen LogP contribution in [0.4, 0.5) is 10.5 Å². The molecule has 3 rings (SSSR count). The second-order valence-electron chi connectivity index (χ2n) is 5.91. The summed E-state index contributed by atoms with van der Waals surface area (Å²) in [5, 5.41) is 3.24. The zero-order valence-corrected chi connectivity index (χ0v) is 16.5. The van der Waals surface area contributed by atoms with E-state index >= 15 is 0 Å². The maximum absolute atomic E-state index is 12.7. The number of sulfone groups is 1. The Labute approximate surface area is 166 Å². The van der Waals surface area contributed by atoms with E-state index < -0.39 is 15.1 Å². The Morgan fingerprint density at radius 2 is 1.73 bits per heavy atom. The van der Waals surface area contributed by atoms with Gasteiger partial charge in [-0.1, -0.05) is 34.8 Å². The average Bonchev–Trinajstić information content (AvgIpc) is 3.10. The largest absolute Gasteiger partial charge is 0.323 e. The number of amides is 2. The molecule has 0 bridgehead atoms. The number of likely N-dealkylation sites (tertiary alicyclic amines) is 1. The van der Waals surface area contributed by atoms with Gasteiger partial charge < -0.3 is 10.2 Å². The van der Waals surface area contributed by atoms with Crippen molar-refractivity contribution in [3.63, 3.8) is 0 Å². The summed E-state index contributed by atoms with van der Waals surface area (Å²) in [6.07, 6.45) is 0.375. The van der Waals surface area contributed by atoms with E-state index in [-0.39, 0.29) is 17.5 Å². The molecule has 1 unspecified atom stereocenters. The number of rotatable bonds is 3. The van der Waals surface area contributed by atoms with E-state index in [1.54, 1.807) is 18.2 Å². The molecule has 5 nitrogen and oxygen atoms in total. The summed E-state index contributed by atoms with van der Waals surface area (Å²) in [5.41, 5.74) is 0.494. The zero-order valence-electron chi connectivity index (χ0n) is 13.5. The molecule has 138 valence electrons. The van der Waals surface area contributed by atoms with Crippen LogP contribution in [0, 0.1) is 0 Å². The van der Waals surface area contributed by atoms with Gasteiger partial charge in [-0.2, -0.15) is 0 Å². The quantitative estimate of drug-likeness (QED) is 0.761. The van der Waals surface area contributed by atoms with Gasteiger partial charge in [-0.3, -0.25) is 0 Å². The average molecular weight is 434 g/mol. The van der Waals surface area contributed by atoms with Crippen LogP contribution < -0.4 is 5.32 Å². The van der Waals surface area contributed by atoms with Crippen LogP contribution in [-0.4, -0.2) is 37.7 Å². The molecule has 1 aliphatic rings. The monoisotopic (exact) mass is 432 g/mol. The van der Waals surface area contributed by atoms with Crippen LogP contribution in [0.5, 0.6) is 0 Å². The number of anilines is 1. The Bertz CT molecular complexity index is 933. The molecule has 2 amide bonds. The summed E-state index contributed by atoms with van der Waals surface area (Å²) in [6, 6.07) is 10.4. The van der Waals surface area contributed by atoms with Crippen molar-refractivity contribution in [2.24, 2.45) is 0 Å². The summed E-state index contributed by atoms with van der Waals surface area (Å²) in [6.45, 7) is 0.475. The van der Waals surface area contributed by atoms with Gasteiger partial charge in [-0.05, 0) is 48.9 Å². The number of hydrogen-bond donors (Lipinski definition) is 1. The molecule has 0 radical (unpaired) electrons.